The molecular formula is C9H16N2S. The molecule has 1 N–H and O–H groups in total. The number of nitrogens with zero attached hydrogens (tertiary/aromatic N) is 1. The van der Waals surface area contributed by atoms with Crippen molar-refractivity contribution >= 4 is 11.3 Å². The third-order valence-corrected chi connectivity index (χ3v) is 2.28. The van der Waals surface area contributed by atoms with Crippen LogP contribution < -0.4 is 5.32 Å². The Balaban J connectivity index is 2.04. The largest absolute Gasteiger partial charge is 0.315 e. The van der Waals surface area contributed by atoms with Crippen molar-refractivity contribution in [1.82, 2.24) is 10.3 Å². The van der Waals surface area contributed by atoms with Gasteiger partial charge in [0.25, 0.3) is 0 Å². The molecule has 12 heavy (non-hydrogen) atoms. The topological polar surface area (TPSA) is 24.9 Å². The van der Waals surface area contributed by atoms with Crippen LogP contribution in [-0.2, 0) is 6.42 Å². The minimum Gasteiger partial charge on any atom is -0.315 e. The molecule has 0 amide bonds. The zero-order valence-corrected chi connectivity index (χ0v) is 8.53. The van der Waals surface area contributed by atoms with E-state index in [1.807, 2.05) is 5.51 Å². The Bertz CT molecular complexity index is 194. The Morgan fingerprint density at radius 2 is 2.42 bits per heavy atom. The van der Waals surface area contributed by atoms with E-state index >= 15 is 0 Å². The molecule has 0 aliphatic rings. The van der Waals surface area contributed by atoms with Gasteiger partial charge in [0, 0.05) is 11.4 Å². The number of hydrogen-bond acceptors (Lipinski definition) is 3. The summed E-state index contributed by atoms with van der Waals surface area (Å²) in [6.45, 7) is 5.43. The first-order valence-electron chi connectivity index (χ1n) is 4.39. The second-order valence-electron chi connectivity index (χ2n) is 3.19. The lowest BCUT2D eigenvalue weighted by molar-refractivity contribution is 0.569. The van der Waals surface area contributed by atoms with Gasteiger partial charge in [0.05, 0.1) is 11.2 Å². The van der Waals surface area contributed by atoms with Crippen molar-refractivity contribution in [2.24, 2.45) is 0 Å². The fraction of sp³-hybridized carbons (Fsp3) is 0.667. The summed E-state index contributed by atoms with van der Waals surface area (Å²) in [6, 6.07) is 0.598. The molecule has 0 spiro atoms. The molecule has 0 bridgehead atoms. The van der Waals surface area contributed by atoms with Crippen molar-refractivity contribution in [3.05, 3.63) is 16.6 Å². The van der Waals surface area contributed by atoms with Gasteiger partial charge in [0.1, 0.15) is 0 Å². The summed E-state index contributed by atoms with van der Waals surface area (Å²) in [6.07, 6.45) is 2.28. The standard InChI is InChI=1S/C9H16N2S/c1-8(2)10-5-3-4-9-6-12-7-11-9/h6-8,10H,3-5H2,1-2H3. The van der Waals surface area contributed by atoms with Gasteiger partial charge in [-0.05, 0) is 19.4 Å². The number of aryl methyl sites for hydroxylation is 1. The summed E-state index contributed by atoms with van der Waals surface area (Å²) >= 11 is 1.67. The summed E-state index contributed by atoms with van der Waals surface area (Å²) in [5, 5.41) is 5.50. The molecule has 3 heteroatoms. The first kappa shape index (κ1) is 9.68. The third kappa shape index (κ3) is 3.83. The van der Waals surface area contributed by atoms with Crippen LogP contribution in [0.25, 0.3) is 0 Å². The van der Waals surface area contributed by atoms with Gasteiger partial charge in [-0.2, -0.15) is 0 Å². The van der Waals surface area contributed by atoms with Crippen LogP contribution in [0.3, 0.4) is 0 Å². The molecule has 1 aromatic heterocycles. The molecule has 1 rings (SSSR count). The van der Waals surface area contributed by atoms with Gasteiger partial charge in [0.15, 0.2) is 0 Å². The van der Waals surface area contributed by atoms with Gasteiger partial charge < -0.3 is 5.32 Å². The molecule has 68 valence electrons. The molecule has 1 heterocycles. The molecule has 0 fully saturated rings. The molecule has 2 nitrogen and oxygen atoms in total. The molecule has 0 saturated heterocycles. The smallest absolute Gasteiger partial charge is 0.0794 e. The highest BCUT2D eigenvalue weighted by Gasteiger charge is 1.95. The Hall–Kier alpha value is -0.410. The number of hydrogen-bond donors (Lipinski definition) is 1. The molecule has 0 saturated carbocycles. The number of nitrogens with one attached hydrogen (secondary N) is 1. The summed E-state index contributed by atoms with van der Waals surface area (Å²) in [7, 11) is 0. The van der Waals surface area contributed by atoms with Crippen LogP contribution in [0.15, 0.2) is 10.9 Å². The van der Waals surface area contributed by atoms with E-state index in [1.165, 1.54) is 12.1 Å². The SMILES string of the molecule is CC(C)NCCCc1cscn1. The molecular weight excluding hydrogens is 168 g/mol. The molecule has 0 aliphatic carbocycles. The lowest BCUT2D eigenvalue weighted by Gasteiger charge is -2.06. The van der Waals surface area contributed by atoms with Crippen LogP contribution in [0, 0.1) is 0 Å². The Morgan fingerprint density at radius 1 is 1.58 bits per heavy atom. The predicted molar refractivity (Wildman–Crippen MR) is 53.6 cm³/mol. The van der Waals surface area contributed by atoms with Crippen LogP contribution in [0.5, 0.6) is 0 Å². The van der Waals surface area contributed by atoms with Crippen molar-refractivity contribution < 1.29 is 0 Å². The van der Waals surface area contributed by atoms with Crippen LogP contribution in [0.1, 0.15) is 26.0 Å². The lowest BCUT2D eigenvalue weighted by atomic mass is 10.2. The average Bonchev–Trinajstić information content (AvgIpc) is 2.49. The van der Waals surface area contributed by atoms with E-state index in [1.54, 1.807) is 11.3 Å². The maximum absolute atomic E-state index is 4.22. The van der Waals surface area contributed by atoms with Gasteiger partial charge >= 0.3 is 0 Å². The van der Waals surface area contributed by atoms with E-state index in [0.717, 1.165) is 13.0 Å². The molecule has 0 atom stereocenters. The van der Waals surface area contributed by atoms with E-state index in [2.05, 4.69) is 29.5 Å². The van der Waals surface area contributed by atoms with Crippen LogP contribution in [0.2, 0.25) is 0 Å². The molecule has 0 radical (unpaired) electrons. The van der Waals surface area contributed by atoms with Crippen molar-refractivity contribution in [2.75, 3.05) is 6.54 Å². The molecule has 1 aromatic rings. The zero-order valence-electron chi connectivity index (χ0n) is 7.71. The lowest BCUT2D eigenvalue weighted by Crippen LogP contribution is -2.23. The van der Waals surface area contributed by atoms with Crippen molar-refractivity contribution in [1.29, 1.82) is 0 Å². The second-order valence-corrected chi connectivity index (χ2v) is 3.91. The van der Waals surface area contributed by atoms with Crippen LogP contribution in [-0.4, -0.2) is 17.6 Å². The molecule has 0 unspecified atom stereocenters. The highest BCUT2D eigenvalue weighted by atomic mass is 32.1. The van der Waals surface area contributed by atoms with Gasteiger partial charge in [-0.25, -0.2) is 4.98 Å². The quantitative estimate of drug-likeness (QED) is 0.709. The molecule has 0 aliphatic heterocycles. The van der Waals surface area contributed by atoms with Gasteiger partial charge in [-0.1, -0.05) is 13.8 Å². The predicted octanol–water partition coefficient (Wildman–Crippen LogP) is 2.07. The monoisotopic (exact) mass is 184 g/mol. The average molecular weight is 184 g/mol. The van der Waals surface area contributed by atoms with E-state index in [4.69, 9.17) is 0 Å². The maximum atomic E-state index is 4.22. The van der Waals surface area contributed by atoms with Gasteiger partial charge in [0.2, 0.25) is 0 Å². The normalized spacial score (nSPS) is 10.9. The first-order valence-corrected chi connectivity index (χ1v) is 5.34. The highest BCUT2D eigenvalue weighted by Crippen LogP contribution is 2.03. The number of thiazole rings is 1. The van der Waals surface area contributed by atoms with E-state index in [-0.39, 0.29) is 0 Å². The Morgan fingerprint density at radius 3 is 3.00 bits per heavy atom. The number of rotatable bonds is 5. The first-order chi connectivity index (χ1) is 5.79. The van der Waals surface area contributed by atoms with Crippen LogP contribution >= 0.6 is 11.3 Å². The highest BCUT2D eigenvalue weighted by molar-refractivity contribution is 7.07. The van der Waals surface area contributed by atoms with E-state index in [0.29, 0.717) is 6.04 Å². The zero-order chi connectivity index (χ0) is 8.81. The van der Waals surface area contributed by atoms with E-state index in [9.17, 15) is 0 Å². The van der Waals surface area contributed by atoms with E-state index < -0.39 is 0 Å². The second kappa shape index (κ2) is 5.27. The van der Waals surface area contributed by atoms with Gasteiger partial charge in [-0.3, -0.25) is 0 Å². The summed E-state index contributed by atoms with van der Waals surface area (Å²) in [4.78, 5) is 4.22. The minimum atomic E-state index is 0.598. The minimum absolute atomic E-state index is 0.598. The fourth-order valence-corrected chi connectivity index (χ4v) is 1.61. The summed E-state index contributed by atoms with van der Waals surface area (Å²) < 4.78 is 0. The Labute approximate surface area is 78.0 Å². The van der Waals surface area contributed by atoms with Crippen molar-refractivity contribution in [3.8, 4) is 0 Å². The van der Waals surface area contributed by atoms with Crippen LogP contribution in [0.4, 0.5) is 0 Å². The molecule has 0 aromatic carbocycles. The summed E-state index contributed by atoms with van der Waals surface area (Å²) in [5.41, 5.74) is 3.12. The number of aromatic nitrogens is 1. The summed E-state index contributed by atoms with van der Waals surface area (Å²) in [5.74, 6) is 0. The van der Waals surface area contributed by atoms with Crippen molar-refractivity contribution in [2.45, 2.75) is 32.7 Å². The van der Waals surface area contributed by atoms with Gasteiger partial charge in [-0.15, -0.1) is 11.3 Å². The fourth-order valence-electron chi connectivity index (χ4n) is 1.02. The maximum Gasteiger partial charge on any atom is 0.0794 e. The Kier molecular flexibility index (Phi) is 4.25. The van der Waals surface area contributed by atoms with Crippen molar-refractivity contribution in [3.63, 3.8) is 0 Å². The third-order valence-electron chi connectivity index (χ3n) is 1.65.